The first-order valence-electron chi connectivity index (χ1n) is 11.3. The van der Waals surface area contributed by atoms with Crippen LogP contribution in [0.4, 0.5) is 5.69 Å². The number of benzene rings is 2. The van der Waals surface area contributed by atoms with Crippen LogP contribution in [-0.4, -0.2) is 80.4 Å². The number of ether oxygens (including phenoxy) is 3. The molecule has 0 spiro atoms. The third kappa shape index (κ3) is 5.74. The van der Waals surface area contributed by atoms with Crippen molar-refractivity contribution < 1.29 is 24.1 Å². The van der Waals surface area contributed by atoms with Gasteiger partial charge in [-0.2, -0.15) is 0 Å². The SMILES string of the molecule is COC(=O)C1(CCCN2CCN(c3ccccc3)CC2)Sc2cc(OC)ccc2OCC1O.Cl. The molecule has 7 nitrogen and oxygen atoms in total. The van der Waals surface area contributed by atoms with Crippen LogP contribution < -0.4 is 14.4 Å². The molecule has 9 heteroatoms. The maximum Gasteiger partial charge on any atom is 0.325 e. The van der Waals surface area contributed by atoms with Crippen LogP contribution in [0.1, 0.15) is 12.8 Å². The van der Waals surface area contributed by atoms with Crippen molar-refractivity contribution in [1.82, 2.24) is 4.90 Å². The van der Waals surface area contributed by atoms with Crippen molar-refractivity contribution >= 4 is 35.8 Å². The second-order valence-corrected chi connectivity index (χ2v) is 9.76. The van der Waals surface area contributed by atoms with Crippen molar-refractivity contribution in [1.29, 1.82) is 0 Å². The summed E-state index contributed by atoms with van der Waals surface area (Å²) in [5, 5.41) is 11.0. The van der Waals surface area contributed by atoms with Crippen LogP contribution in [0, 0.1) is 0 Å². The predicted molar refractivity (Wildman–Crippen MR) is 137 cm³/mol. The maximum absolute atomic E-state index is 13.0. The molecule has 0 amide bonds. The van der Waals surface area contributed by atoms with E-state index in [0.717, 1.165) is 44.0 Å². The average Bonchev–Trinajstić information content (AvgIpc) is 3.01. The molecule has 1 fully saturated rings. The first-order valence-corrected chi connectivity index (χ1v) is 12.2. The molecule has 186 valence electrons. The summed E-state index contributed by atoms with van der Waals surface area (Å²) < 4.78 is 15.2. The lowest BCUT2D eigenvalue weighted by molar-refractivity contribution is -0.147. The number of aliphatic hydroxyl groups excluding tert-OH is 1. The molecule has 0 radical (unpaired) electrons. The van der Waals surface area contributed by atoms with Crippen molar-refractivity contribution in [2.24, 2.45) is 0 Å². The number of thioether (sulfide) groups is 1. The van der Waals surface area contributed by atoms with E-state index in [2.05, 4.69) is 34.1 Å². The van der Waals surface area contributed by atoms with Crippen molar-refractivity contribution in [3.05, 3.63) is 48.5 Å². The van der Waals surface area contributed by atoms with Gasteiger partial charge in [0.1, 0.15) is 29.0 Å². The van der Waals surface area contributed by atoms with Gasteiger partial charge in [-0.25, -0.2) is 0 Å². The number of esters is 1. The van der Waals surface area contributed by atoms with Crippen LogP contribution >= 0.6 is 24.2 Å². The van der Waals surface area contributed by atoms with E-state index in [-0.39, 0.29) is 19.0 Å². The quantitative estimate of drug-likeness (QED) is 0.570. The molecule has 2 aliphatic heterocycles. The Kier molecular flexibility index (Phi) is 9.36. The molecular weight excluding hydrogens is 476 g/mol. The van der Waals surface area contributed by atoms with Gasteiger partial charge in [-0.3, -0.25) is 9.69 Å². The number of nitrogens with zero attached hydrogens (tertiary/aromatic N) is 2. The Morgan fingerprint density at radius 2 is 1.88 bits per heavy atom. The summed E-state index contributed by atoms with van der Waals surface area (Å²) in [6.45, 7) is 4.80. The summed E-state index contributed by atoms with van der Waals surface area (Å²) >= 11 is 1.32. The van der Waals surface area contributed by atoms with E-state index in [0.29, 0.717) is 17.9 Å². The first kappa shape index (κ1) is 26.5. The summed E-state index contributed by atoms with van der Waals surface area (Å²) in [6, 6.07) is 15.9. The summed E-state index contributed by atoms with van der Waals surface area (Å²) in [6.07, 6.45) is 0.275. The van der Waals surface area contributed by atoms with Crippen LogP contribution in [0.3, 0.4) is 0 Å². The number of carbonyl (C=O) groups is 1. The van der Waals surface area contributed by atoms with Gasteiger partial charge in [-0.1, -0.05) is 18.2 Å². The Morgan fingerprint density at radius 3 is 2.56 bits per heavy atom. The number of hydrogen-bond acceptors (Lipinski definition) is 8. The van der Waals surface area contributed by atoms with Gasteiger partial charge in [0.15, 0.2) is 0 Å². The molecule has 2 aromatic carbocycles. The van der Waals surface area contributed by atoms with E-state index in [9.17, 15) is 9.90 Å². The molecule has 2 aromatic rings. The topological polar surface area (TPSA) is 71.5 Å². The Labute approximate surface area is 211 Å². The summed E-state index contributed by atoms with van der Waals surface area (Å²) in [4.78, 5) is 18.6. The van der Waals surface area contributed by atoms with Gasteiger partial charge in [0.25, 0.3) is 0 Å². The molecule has 1 saturated heterocycles. The lowest BCUT2D eigenvalue weighted by Gasteiger charge is -2.37. The van der Waals surface area contributed by atoms with Crippen molar-refractivity contribution in [3.8, 4) is 11.5 Å². The van der Waals surface area contributed by atoms with E-state index in [1.54, 1.807) is 7.11 Å². The van der Waals surface area contributed by atoms with Gasteiger partial charge < -0.3 is 24.2 Å². The molecule has 0 aromatic heterocycles. The average molecular weight is 509 g/mol. The highest BCUT2D eigenvalue weighted by molar-refractivity contribution is 8.01. The maximum atomic E-state index is 13.0. The van der Waals surface area contributed by atoms with Crippen LogP contribution in [0.15, 0.2) is 53.4 Å². The number of piperazine rings is 1. The van der Waals surface area contributed by atoms with E-state index < -0.39 is 16.8 Å². The lowest BCUT2D eigenvalue weighted by Crippen LogP contribution is -2.50. The largest absolute Gasteiger partial charge is 0.497 e. The fourth-order valence-corrected chi connectivity index (χ4v) is 5.90. The van der Waals surface area contributed by atoms with Crippen molar-refractivity contribution in [2.45, 2.75) is 28.6 Å². The summed E-state index contributed by atoms with van der Waals surface area (Å²) in [5.74, 6) is 0.895. The highest BCUT2D eigenvalue weighted by atomic mass is 35.5. The van der Waals surface area contributed by atoms with Crippen LogP contribution in [0.25, 0.3) is 0 Å². The van der Waals surface area contributed by atoms with Gasteiger partial charge in [0, 0.05) is 31.9 Å². The van der Waals surface area contributed by atoms with Crippen LogP contribution in [0.5, 0.6) is 11.5 Å². The lowest BCUT2D eigenvalue weighted by atomic mass is 9.95. The van der Waals surface area contributed by atoms with Gasteiger partial charge in [0.05, 0.1) is 19.1 Å². The van der Waals surface area contributed by atoms with E-state index in [1.807, 2.05) is 24.3 Å². The van der Waals surface area contributed by atoms with Crippen LogP contribution in [0.2, 0.25) is 0 Å². The number of rotatable bonds is 7. The zero-order chi connectivity index (χ0) is 23.3. The number of methoxy groups -OCH3 is 2. The normalized spacial score (nSPS) is 22.6. The number of para-hydroxylation sites is 1. The minimum absolute atomic E-state index is 0. The highest BCUT2D eigenvalue weighted by Gasteiger charge is 2.49. The minimum Gasteiger partial charge on any atom is -0.497 e. The number of carbonyl (C=O) groups excluding carboxylic acids is 1. The number of halogens is 1. The Bertz CT molecular complexity index is 942. The fourth-order valence-electron chi connectivity index (χ4n) is 4.49. The zero-order valence-corrected chi connectivity index (χ0v) is 21.3. The molecular formula is C25H33ClN2O5S. The summed E-state index contributed by atoms with van der Waals surface area (Å²) in [7, 11) is 2.97. The van der Waals surface area contributed by atoms with Gasteiger partial charge in [-0.15, -0.1) is 24.2 Å². The molecule has 1 N–H and O–H groups in total. The van der Waals surface area contributed by atoms with Crippen LogP contribution in [-0.2, 0) is 9.53 Å². The number of fused-ring (bicyclic) bond motifs is 1. The summed E-state index contributed by atoms with van der Waals surface area (Å²) in [5.41, 5.74) is 1.26. The number of hydrogen-bond donors (Lipinski definition) is 1. The first-order chi connectivity index (χ1) is 16.1. The second kappa shape index (κ2) is 12.0. The number of anilines is 1. The monoisotopic (exact) mass is 508 g/mol. The molecule has 2 aliphatic rings. The molecule has 34 heavy (non-hydrogen) atoms. The molecule has 2 atom stereocenters. The Hall–Kier alpha value is -2.13. The minimum atomic E-state index is -1.13. The molecule has 0 bridgehead atoms. The molecule has 2 heterocycles. The predicted octanol–water partition coefficient (Wildman–Crippen LogP) is 3.48. The molecule has 2 unspecified atom stereocenters. The third-order valence-electron chi connectivity index (χ3n) is 6.43. The van der Waals surface area contributed by atoms with Gasteiger partial charge in [-0.05, 0) is 49.7 Å². The van der Waals surface area contributed by atoms with Crippen molar-refractivity contribution in [3.63, 3.8) is 0 Å². The third-order valence-corrected chi connectivity index (χ3v) is 7.97. The smallest absolute Gasteiger partial charge is 0.325 e. The standard InChI is InChI=1S/C25H32N2O5S.ClH/c1-30-20-9-10-21-22(17-20)33-25(24(29)31-2,23(28)18-32-21)11-6-12-26-13-15-27(16-14-26)19-7-4-3-5-8-19;/h3-5,7-10,17,23,28H,6,11-16,18H2,1-2H3;1H. The Balaban J connectivity index is 0.00000324. The highest BCUT2D eigenvalue weighted by Crippen LogP contribution is 2.47. The zero-order valence-electron chi connectivity index (χ0n) is 19.6. The van der Waals surface area contributed by atoms with Gasteiger partial charge >= 0.3 is 5.97 Å². The molecule has 0 aliphatic carbocycles. The second-order valence-electron chi connectivity index (χ2n) is 8.39. The van der Waals surface area contributed by atoms with Crippen molar-refractivity contribution in [2.75, 3.05) is 58.5 Å². The molecule has 0 saturated carbocycles. The van der Waals surface area contributed by atoms with E-state index in [1.165, 1.54) is 24.6 Å². The number of aliphatic hydroxyl groups is 1. The fraction of sp³-hybridized carbons (Fsp3) is 0.480. The van der Waals surface area contributed by atoms with Gasteiger partial charge in [0.2, 0.25) is 0 Å². The Morgan fingerprint density at radius 1 is 1.15 bits per heavy atom. The molecule has 4 rings (SSSR count). The van der Waals surface area contributed by atoms with E-state index >= 15 is 0 Å². The van der Waals surface area contributed by atoms with E-state index in [4.69, 9.17) is 14.2 Å².